The molecule has 0 bridgehead atoms. The lowest BCUT2D eigenvalue weighted by Crippen LogP contribution is -2.30. The van der Waals surface area contributed by atoms with Crippen LogP contribution in [-0.2, 0) is 11.3 Å². The van der Waals surface area contributed by atoms with Gasteiger partial charge in [0.05, 0.1) is 6.33 Å². The smallest absolute Gasteiger partial charge is 0.256 e. The second-order valence-corrected chi connectivity index (χ2v) is 5.31. The highest BCUT2D eigenvalue weighted by Crippen LogP contribution is 2.32. The molecule has 24 heavy (non-hydrogen) atoms. The van der Waals surface area contributed by atoms with Crippen molar-refractivity contribution >= 4 is 12.0 Å². The van der Waals surface area contributed by atoms with Crippen molar-refractivity contribution in [3.63, 3.8) is 0 Å². The zero-order valence-corrected chi connectivity index (χ0v) is 13.2. The Morgan fingerprint density at radius 2 is 2.21 bits per heavy atom. The Morgan fingerprint density at radius 1 is 1.38 bits per heavy atom. The molecule has 3 rings (SSSR count). The van der Waals surface area contributed by atoms with Crippen LogP contribution in [0.5, 0.6) is 11.5 Å². The first-order chi connectivity index (χ1) is 11.6. The average molecular weight is 327 g/mol. The van der Waals surface area contributed by atoms with E-state index in [4.69, 9.17) is 9.47 Å². The van der Waals surface area contributed by atoms with Gasteiger partial charge in [-0.05, 0) is 30.7 Å². The van der Waals surface area contributed by atoms with Crippen molar-refractivity contribution in [3.8, 4) is 11.5 Å². The number of ether oxygens (including phenoxy) is 2. The number of aryl methyl sites for hydroxylation is 1. The summed E-state index contributed by atoms with van der Waals surface area (Å²) in [5.74, 6) is 1.14. The molecule has 0 radical (unpaired) electrons. The number of nitrogens with zero attached hydrogens (tertiary/aromatic N) is 2. The summed E-state index contributed by atoms with van der Waals surface area (Å²) in [5.41, 5.74) is 1.31. The minimum absolute atomic E-state index is 0.102. The highest BCUT2D eigenvalue weighted by atomic mass is 16.7. The molecular weight excluding hydrogens is 310 g/mol. The molecule has 7 nitrogen and oxygen atoms in total. The molecule has 1 aromatic heterocycles. The van der Waals surface area contributed by atoms with Gasteiger partial charge in [-0.1, -0.05) is 6.07 Å². The lowest BCUT2D eigenvalue weighted by molar-refractivity contribution is -0.116. The van der Waals surface area contributed by atoms with Crippen LogP contribution in [0.15, 0.2) is 41.6 Å². The Morgan fingerprint density at radius 3 is 3.08 bits per heavy atom. The van der Waals surface area contributed by atoms with Crippen molar-refractivity contribution in [1.29, 1.82) is 0 Å². The third-order valence-electron chi connectivity index (χ3n) is 3.55. The summed E-state index contributed by atoms with van der Waals surface area (Å²) < 4.78 is 12.0. The van der Waals surface area contributed by atoms with Crippen LogP contribution in [0.2, 0.25) is 0 Å². The summed E-state index contributed by atoms with van der Waals surface area (Å²) in [5, 5.41) is 2.73. The fourth-order valence-electron chi connectivity index (χ4n) is 2.27. The molecule has 0 spiro atoms. The van der Waals surface area contributed by atoms with E-state index < -0.39 is 0 Å². The van der Waals surface area contributed by atoms with Crippen LogP contribution in [0.4, 0.5) is 0 Å². The Balaban J connectivity index is 1.52. The first kappa shape index (κ1) is 15.8. The maximum atomic E-state index is 11.8. The quantitative estimate of drug-likeness (QED) is 0.832. The van der Waals surface area contributed by atoms with E-state index in [-0.39, 0.29) is 18.3 Å². The van der Waals surface area contributed by atoms with Crippen LogP contribution in [0.1, 0.15) is 11.1 Å². The molecule has 7 heteroatoms. The largest absolute Gasteiger partial charge is 0.454 e. The SMILES string of the molecule is Cc1cncn(CCNC(=O)/C=C/c2ccc3c(c2)OCO3)c1=O. The number of carbonyl (C=O) groups excluding carboxylic acids is 1. The molecule has 1 aliphatic heterocycles. The van der Waals surface area contributed by atoms with Crippen molar-refractivity contribution in [2.24, 2.45) is 0 Å². The summed E-state index contributed by atoms with van der Waals surface area (Å²) in [6, 6.07) is 5.45. The van der Waals surface area contributed by atoms with E-state index in [1.54, 1.807) is 19.1 Å². The zero-order chi connectivity index (χ0) is 16.9. The van der Waals surface area contributed by atoms with E-state index in [2.05, 4.69) is 10.3 Å². The van der Waals surface area contributed by atoms with Crippen molar-refractivity contribution in [1.82, 2.24) is 14.9 Å². The van der Waals surface area contributed by atoms with Crippen LogP contribution < -0.4 is 20.3 Å². The number of carbonyl (C=O) groups is 1. The molecule has 124 valence electrons. The number of fused-ring (bicyclic) bond motifs is 1. The summed E-state index contributed by atoms with van der Waals surface area (Å²) in [4.78, 5) is 27.6. The highest BCUT2D eigenvalue weighted by molar-refractivity contribution is 5.91. The van der Waals surface area contributed by atoms with Crippen molar-refractivity contribution in [2.45, 2.75) is 13.5 Å². The number of hydrogen-bond acceptors (Lipinski definition) is 5. The third-order valence-corrected chi connectivity index (χ3v) is 3.55. The minimum Gasteiger partial charge on any atom is -0.454 e. The average Bonchev–Trinajstić information content (AvgIpc) is 3.04. The van der Waals surface area contributed by atoms with Gasteiger partial charge >= 0.3 is 0 Å². The Bertz CT molecular complexity index is 842. The first-order valence-electron chi connectivity index (χ1n) is 7.50. The van der Waals surface area contributed by atoms with Gasteiger partial charge in [0, 0.05) is 30.9 Å². The lowest BCUT2D eigenvalue weighted by Gasteiger charge is -2.06. The van der Waals surface area contributed by atoms with E-state index in [9.17, 15) is 9.59 Å². The monoisotopic (exact) mass is 327 g/mol. The molecule has 0 atom stereocenters. The molecular formula is C17H17N3O4. The van der Waals surface area contributed by atoms with E-state index in [0.717, 1.165) is 5.56 Å². The van der Waals surface area contributed by atoms with Gasteiger partial charge in [-0.15, -0.1) is 0 Å². The fourth-order valence-corrected chi connectivity index (χ4v) is 2.27. The molecule has 1 aromatic carbocycles. The number of hydrogen-bond donors (Lipinski definition) is 1. The van der Waals surface area contributed by atoms with Crippen LogP contribution >= 0.6 is 0 Å². The number of nitrogens with one attached hydrogen (secondary N) is 1. The van der Waals surface area contributed by atoms with Gasteiger partial charge in [0.25, 0.3) is 5.56 Å². The molecule has 2 aromatic rings. The van der Waals surface area contributed by atoms with Gasteiger partial charge in [0.2, 0.25) is 12.7 Å². The topological polar surface area (TPSA) is 82.5 Å². The van der Waals surface area contributed by atoms with Gasteiger partial charge < -0.3 is 14.8 Å². The molecule has 0 saturated carbocycles. The Kier molecular flexibility index (Phi) is 4.60. The number of rotatable bonds is 5. The highest BCUT2D eigenvalue weighted by Gasteiger charge is 2.12. The predicted octanol–water partition coefficient (Wildman–Crippen LogP) is 1.11. The van der Waals surface area contributed by atoms with Gasteiger partial charge in [-0.25, -0.2) is 4.98 Å². The standard InChI is InChI=1S/C17H17N3O4/c1-12-9-18-10-20(17(12)22)7-6-19-16(21)5-3-13-2-4-14-15(8-13)24-11-23-14/h2-5,8-10H,6-7,11H2,1H3,(H,19,21)/b5-3+. The van der Waals surface area contributed by atoms with Crippen LogP contribution in [-0.4, -0.2) is 28.8 Å². The summed E-state index contributed by atoms with van der Waals surface area (Å²) in [6.45, 7) is 2.64. The molecule has 1 aliphatic rings. The number of amides is 1. The van der Waals surface area contributed by atoms with Crippen LogP contribution in [0.25, 0.3) is 6.08 Å². The van der Waals surface area contributed by atoms with Gasteiger partial charge in [-0.2, -0.15) is 0 Å². The van der Waals surface area contributed by atoms with Gasteiger partial charge in [-0.3, -0.25) is 14.2 Å². The van der Waals surface area contributed by atoms with Gasteiger partial charge in [0.1, 0.15) is 0 Å². The van der Waals surface area contributed by atoms with Crippen molar-refractivity contribution in [3.05, 3.63) is 58.3 Å². The van der Waals surface area contributed by atoms with E-state index in [1.807, 2.05) is 12.1 Å². The molecule has 2 heterocycles. The fraction of sp³-hybridized carbons (Fsp3) is 0.235. The van der Waals surface area contributed by atoms with E-state index >= 15 is 0 Å². The van der Waals surface area contributed by atoms with Crippen molar-refractivity contribution < 1.29 is 14.3 Å². The summed E-state index contributed by atoms with van der Waals surface area (Å²) >= 11 is 0. The lowest BCUT2D eigenvalue weighted by atomic mass is 10.2. The molecule has 1 amide bonds. The molecule has 1 N–H and O–H groups in total. The van der Waals surface area contributed by atoms with E-state index in [0.29, 0.717) is 30.2 Å². The second-order valence-electron chi connectivity index (χ2n) is 5.31. The van der Waals surface area contributed by atoms with Gasteiger partial charge in [0.15, 0.2) is 11.5 Å². The number of benzene rings is 1. The second kappa shape index (κ2) is 6.99. The summed E-state index contributed by atoms with van der Waals surface area (Å²) in [6.07, 6.45) is 6.11. The molecule has 0 fully saturated rings. The maximum Gasteiger partial charge on any atom is 0.256 e. The molecule has 0 aliphatic carbocycles. The predicted molar refractivity (Wildman–Crippen MR) is 87.8 cm³/mol. The number of aromatic nitrogens is 2. The molecule has 0 unspecified atom stereocenters. The first-order valence-corrected chi connectivity index (χ1v) is 7.50. The minimum atomic E-state index is -0.235. The Labute approximate surface area is 138 Å². The van der Waals surface area contributed by atoms with Crippen molar-refractivity contribution in [2.75, 3.05) is 13.3 Å². The van der Waals surface area contributed by atoms with Crippen LogP contribution in [0, 0.1) is 6.92 Å². The zero-order valence-electron chi connectivity index (χ0n) is 13.2. The third kappa shape index (κ3) is 3.62. The normalized spacial score (nSPS) is 12.5. The van der Waals surface area contributed by atoms with E-state index in [1.165, 1.54) is 23.2 Å². The van der Waals surface area contributed by atoms with Crippen LogP contribution in [0.3, 0.4) is 0 Å². The maximum absolute atomic E-state index is 11.8. The summed E-state index contributed by atoms with van der Waals surface area (Å²) in [7, 11) is 0. The Hall–Kier alpha value is -3.09. The molecule has 0 saturated heterocycles.